The SMILES string of the molecule is CN(Cc1cccc(F)c1)C(=O)CN1CCCNCC1. The molecule has 4 nitrogen and oxygen atoms in total. The van der Waals surface area contributed by atoms with Crippen LogP contribution in [0.1, 0.15) is 12.0 Å². The van der Waals surface area contributed by atoms with Crippen molar-refractivity contribution in [3.63, 3.8) is 0 Å². The lowest BCUT2D eigenvalue weighted by atomic mass is 10.2. The summed E-state index contributed by atoms with van der Waals surface area (Å²) in [5.74, 6) is -0.182. The number of carbonyl (C=O) groups excluding carboxylic acids is 1. The molecule has 0 unspecified atom stereocenters. The zero-order valence-electron chi connectivity index (χ0n) is 11.9. The molecule has 1 heterocycles. The Morgan fingerprint density at radius 3 is 3.05 bits per heavy atom. The van der Waals surface area contributed by atoms with Crippen LogP contribution in [0.5, 0.6) is 0 Å². The van der Waals surface area contributed by atoms with Crippen LogP contribution >= 0.6 is 0 Å². The van der Waals surface area contributed by atoms with E-state index in [2.05, 4.69) is 10.2 Å². The van der Waals surface area contributed by atoms with Crippen molar-refractivity contribution in [3.8, 4) is 0 Å². The van der Waals surface area contributed by atoms with Crippen LogP contribution in [0, 0.1) is 5.82 Å². The van der Waals surface area contributed by atoms with Crippen LogP contribution in [0.15, 0.2) is 24.3 Å². The Labute approximate surface area is 119 Å². The number of nitrogens with zero attached hydrogens (tertiary/aromatic N) is 2. The molecule has 1 fully saturated rings. The number of nitrogens with one attached hydrogen (secondary N) is 1. The fourth-order valence-electron chi connectivity index (χ4n) is 2.37. The number of halogens is 1. The Balaban J connectivity index is 1.85. The summed E-state index contributed by atoms with van der Waals surface area (Å²) in [6.45, 7) is 4.69. The van der Waals surface area contributed by atoms with Gasteiger partial charge in [-0.2, -0.15) is 0 Å². The highest BCUT2D eigenvalue weighted by molar-refractivity contribution is 5.78. The molecule has 0 radical (unpaired) electrons. The molecule has 20 heavy (non-hydrogen) atoms. The van der Waals surface area contributed by atoms with Crippen LogP contribution in [0.3, 0.4) is 0 Å². The molecule has 1 amide bonds. The van der Waals surface area contributed by atoms with Gasteiger partial charge in [-0.15, -0.1) is 0 Å². The van der Waals surface area contributed by atoms with E-state index < -0.39 is 0 Å². The van der Waals surface area contributed by atoms with Crippen LogP contribution in [-0.2, 0) is 11.3 Å². The smallest absolute Gasteiger partial charge is 0.236 e. The van der Waals surface area contributed by atoms with Gasteiger partial charge >= 0.3 is 0 Å². The van der Waals surface area contributed by atoms with Gasteiger partial charge in [0.15, 0.2) is 0 Å². The second-order valence-electron chi connectivity index (χ2n) is 5.26. The molecule has 1 saturated heterocycles. The van der Waals surface area contributed by atoms with Crippen molar-refractivity contribution in [1.29, 1.82) is 0 Å². The number of hydrogen-bond donors (Lipinski definition) is 1. The third kappa shape index (κ3) is 4.58. The minimum Gasteiger partial charge on any atom is -0.340 e. The average Bonchev–Trinajstić information content (AvgIpc) is 2.67. The van der Waals surface area contributed by atoms with Crippen LogP contribution < -0.4 is 5.32 Å². The highest BCUT2D eigenvalue weighted by Crippen LogP contribution is 2.07. The van der Waals surface area contributed by atoms with Gasteiger partial charge in [-0.25, -0.2) is 4.39 Å². The van der Waals surface area contributed by atoms with Crippen molar-refractivity contribution in [2.24, 2.45) is 0 Å². The molecule has 2 rings (SSSR count). The predicted octanol–water partition coefficient (Wildman–Crippen LogP) is 1.08. The first-order valence-corrected chi connectivity index (χ1v) is 7.06. The summed E-state index contributed by atoms with van der Waals surface area (Å²) < 4.78 is 13.1. The van der Waals surface area contributed by atoms with Gasteiger partial charge in [0.1, 0.15) is 5.82 Å². The first-order chi connectivity index (χ1) is 9.65. The number of rotatable bonds is 4. The van der Waals surface area contributed by atoms with Crippen LogP contribution in [0.2, 0.25) is 0 Å². The van der Waals surface area contributed by atoms with E-state index >= 15 is 0 Å². The van der Waals surface area contributed by atoms with Crippen LogP contribution in [0.4, 0.5) is 4.39 Å². The largest absolute Gasteiger partial charge is 0.340 e. The van der Waals surface area contributed by atoms with Gasteiger partial charge in [0.2, 0.25) is 5.91 Å². The monoisotopic (exact) mass is 279 g/mol. The molecular weight excluding hydrogens is 257 g/mol. The average molecular weight is 279 g/mol. The second-order valence-corrected chi connectivity index (χ2v) is 5.26. The van der Waals surface area contributed by atoms with Gasteiger partial charge < -0.3 is 10.2 Å². The van der Waals surface area contributed by atoms with Crippen molar-refractivity contribution in [3.05, 3.63) is 35.6 Å². The van der Waals surface area contributed by atoms with Crippen LogP contribution in [0.25, 0.3) is 0 Å². The summed E-state index contributed by atoms with van der Waals surface area (Å²) in [5, 5.41) is 3.32. The molecule has 1 aliphatic heterocycles. The quantitative estimate of drug-likeness (QED) is 0.896. The van der Waals surface area contributed by atoms with Crippen LogP contribution in [-0.4, -0.2) is 55.5 Å². The number of hydrogen-bond acceptors (Lipinski definition) is 3. The first kappa shape index (κ1) is 14.9. The minimum absolute atomic E-state index is 0.0798. The van der Waals surface area contributed by atoms with Crippen molar-refractivity contribution in [1.82, 2.24) is 15.1 Å². The molecule has 1 aromatic rings. The standard InChI is InChI=1S/C15H22FN3O/c1-18(11-13-4-2-5-14(16)10-13)15(20)12-19-8-3-6-17-7-9-19/h2,4-5,10,17H,3,6-9,11-12H2,1H3. The van der Waals surface area contributed by atoms with Crippen molar-refractivity contribution in [2.45, 2.75) is 13.0 Å². The van der Waals surface area contributed by atoms with E-state index in [9.17, 15) is 9.18 Å². The summed E-state index contributed by atoms with van der Waals surface area (Å²) >= 11 is 0. The highest BCUT2D eigenvalue weighted by Gasteiger charge is 2.16. The van der Waals surface area contributed by atoms with Gasteiger partial charge in [0, 0.05) is 26.7 Å². The van der Waals surface area contributed by atoms with Crippen molar-refractivity contribution in [2.75, 3.05) is 39.8 Å². The molecule has 110 valence electrons. The van der Waals surface area contributed by atoms with Gasteiger partial charge in [0.25, 0.3) is 0 Å². The third-order valence-corrected chi connectivity index (χ3v) is 3.53. The predicted molar refractivity (Wildman–Crippen MR) is 76.8 cm³/mol. The Kier molecular flexibility index (Phi) is 5.49. The second kappa shape index (κ2) is 7.36. The van der Waals surface area contributed by atoms with E-state index in [0.29, 0.717) is 13.1 Å². The molecule has 0 aliphatic carbocycles. The summed E-state index contributed by atoms with van der Waals surface area (Å²) in [6, 6.07) is 6.39. The molecule has 0 spiro atoms. The summed E-state index contributed by atoms with van der Waals surface area (Å²) in [5.41, 5.74) is 0.818. The molecular formula is C15H22FN3O. The molecule has 1 aliphatic rings. The van der Waals surface area contributed by atoms with Gasteiger partial charge in [-0.3, -0.25) is 9.69 Å². The third-order valence-electron chi connectivity index (χ3n) is 3.53. The Morgan fingerprint density at radius 1 is 1.40 bits per heavy atom. The maximum atomic E-state index is 13.1. The molecule has 1 aromatic carbocycles. The number of amides is 1. The number of carbonyl (C=O) groups is 1. The van der Waals surface area contributed by atoms with E-state index in [0.717, 1.165) is 38.2 Å². The molecule has 0 bridgehead atoms. The lowest BCUT2D eigenvalue weighted by molar-refractivity contribution is -0.131. The van der Waals surface area contributed by atoms with Crippen molar-refractivity contribution >= 4 is 5.91 Å². The van der Waals surface area contributed by atoms with E-state index in [-0.39, 0.29) is 11.7 Å². The Morgan fingerprint density at radius 2 is 2.25 bits per heavy atom. The Hall–Kier alpha value is -1.46. The first-order valence-electron chi connectivity index (χ1n) is 7.06. The van der Waals surface area contributed by atoms with Crippen molar-refractivity contribution < 1.29 is 9.18 Å². The molecule has 5 heteroatoms. The maximum Gasteiger partial charge on any atom is 0.236 e. The lowest BCUT2D eigenvalue weighted by Gasteiger charge is -2.23. The fourth-order valence-corrected chi connectivity index (χ4v) is 2.37. The Bertz CT molecular complexity index is 444. The summed E-state index contributed by atoms with van der Waals surface area (Å²) in [4.78, 5) is 16.0. The molecule has 0 aromatic heterocycles. The summed E-state index contributed by atoms with van der Waals surface area (Å²) in [7, 11) is 1.77. The zero-order valence-corrected chi connectivity index (χ0v) is 11.9. The normalized spacial score (nSPS) is 16.7. The van der Waals surface area contributed by atoms with E-state index in [1.54, 1.807) is 18.0 Å². The fraction of sp³-hybridized carbons (Fsp3) is 0.533. The topological polar surface area (TPSA) is 35.6 Å². The van der Waals surface area contributed by atoms with Gasteiger partial charge in [-0.1, -0.05) is 12.1 Å². The number of benzene rings is 1. The minimum atomic E-state index is -0.262. The van der Waals surface area contributed by atoms with Gasteiger partial charge in [-0.05, 0) is 37.2 Å². The molecule has 1 N–H and O–H groups in total. The zero-order chi connectivity index (χ0) is 14.4. The molecule has 0 saturated carbocycles. The lowest BCUT2D eigenvalue weighted by Crippen LogP contribution is -2.39. The van der Waals surface area contributed by atoms with E-state index in [1.165, 1.54) is 12.1 Å². The molecule has 0 atom stereocenters. The highest BCUT2D eigenvalue weighted by atomic mass is 19.1. The maximum absolute atomic E-state index is 13.1. The number of likely N-dealkylation sites (N-methyl/N-ethyl adjacent to an activating group) is 1. The van der Waals surface area contributed by atoms with E-state index in [1.807, 2.05) is 6.07 Å². The van der Waals surface area contributed by atoms with E-state index in [4.69, 9.17) is 0 Å². The van der Waals surface area contributed by atoms with Gasteiger partial charge in [0.05, 0.1) is 6.54 Å². The summed E-state index contributed by atoms with van der Waals surface area (Å²) in [6.07, 6.45) is 1.07.